The van der Waals surface area contributed by atoms with Gasteiger partial charge in [0.2, 0.25) is 10.0 Å². The maximum Gasteiger partial charge on any atom is 0.416 e. The molecule has 2 aromatic rings. The molecule has 0 aromatic heterocycles. The Morgan fingerprint density at radius 3 is 2.29 bits per heavy atom. The molecule has 0 fully saturated rings. The number of rotatable bonds is 8. The Labute approximate surface area is 197 Å². The highest BCUT2D eigenvalue weighted by atomic mass is 127. The molecule has 3 N–H and O–H groups in total. The Balaban J connectivity index is 0.00000480. The monoisotopic (exact) mass is 570 g/mol. The van der Waals surface area contributed by atoms with Crippen LogP contribution < -0.4 is 15.4 Å². The van der Waals surface area contributed by atoms with Crippen LogP contribution in [0.25, 0.3) is 0 Å². The highest BCUT2D eigenvalue weighted by Crippen LogP contribution is 2.29. The number of nitrogens with one attached hydrogen (secondary N) is 3. The molecule has 2 rings (SSSR count). The Hall–Kier alpha value is -1.86. The average Bonchev–Trinajstić information content (AvgIpc) is 2.72. The maximum atomic E-state index is 12.6. The minimum Gasteiger partial charge on any atom is -0.357 e. The molecule has 0 bridgehead atoms. The minimum absolute atomic E-state index is 0. The molecule has 0 unspecified atom stereocenters. The molecule has 2 aromatic carbocycles. The summed E-state index contributed by atoms with van der Waals surface area (Å²) < 4.78 is 64.0. The second kappa shape index (κ2) is 12.2. The van der Waals surface area contributed by atoms with E-state index < -0.39 is 21.8 Å². The van der Waals surface area contributed by atoms with Gasteiger partial charge in [-0.25, -0.2) is 18.1 Å². The number of hydrogen-bond acceptors (Lipinski definition) is 3. The number of hydrogen-bond donors (Lipinski definition) is 3. The van der Waals surface area contributed by atoms with Crippen LogP contribution in [0.1, 0.15) is 23.6 Å². The molecule has 172 valence electrons. The summed E-state index contributed by atoms with van der Waals surface area (Å²) in [6, 6.07) is 11.6. The number of benzene rings is 2. The third-order valence-electron chi connectivity index (χ3n) is 4.23. The van der Waals surface area contributed by atoms with Crippen LogP contribution >= 0.6 is 24.0 Å². The second-order valence-corrected chi connectivity index (χ2v) is 8.31. The predicted molar refractivity (Wildman–Crippen MR) is 126 cm³/mol. The van der Waals surface area contributed by atoms with Crippen LogP contribution in [0.3, 0.4) is 0 Å². The summed E-state index contributed by atoms with van der Waals surface area (Å²) in [6.07, 6.45) is -3.82. The minimum atomic E-state index is -4.34. The molecule has 0 heterocycles. The molecule has 0 aliphatic heterocycles. The van der Waals surface area contributed by atoms with E-state index in [2.05, 4.69) is 20.3 Å². The summed E-state index contributed by atoms with van der Waals surface area (Å²) in [7, 11) is -2.18. The van der Waals surface area contributed by atoms with Gasteiger partial charge >= 0.3 is 6.18 Å². The average molecular weight is 570 g/mol. The molecule has 0 saturated carbocycles. The SMILES string of the molecule is CCNC(=NCc1cccc(S(=O)(=O)NC)c1)NCCc1ccc(C(F)(F)F)cc1.I. The fraction of sp³-hybridized carbons (Fsp3) is 0.350. The van der Waals surface area contributed by atoms with E-state index in [1.165, 1.54) is 25.2 Å². The van der Waals surface area contributed by atoms with Gasteiger partial charge in [-0.2, -0.15) is 13.2 Å². The lowest BCUT2D eigenvalue weighted by Gasteiger charge is -2.12. The molecule has 0 aliphatic rings. The fourth-order valence-corrected chi connectivity index (χ4v) is 3.43. The molecule has 0 spiro atoms. The van der Waals surface area contributed by atoms with Crippen LogP contribution in [-0.4, -0.2) is 34.5 Å². The first-order valence-corrected chi connectivity index (χ1v) is 10.8. The zero-order valence-electron chi connectivity index (χ0n) is 17.2. The third-order valence-corrected chi connectivity index (χ3v) is 5.64. The highest BCUT2D eigenvalue weighted by Gasteiger charge is 2.29. The van der Waals surface area contributed by atoms with Crippen molar-refractivity contribution in [3.63, 3.8) is 0 Å². The van der Waals surface area contributed by atoms with E-state index in [9.17, 15) is 21.6 Å². The van der Waals surface area contributed by atoms with E-state index in [-0.39, 0.29) is 35.4 Å². The second-order valence-electron chi connectivity index (χ2n) is 6.42. The zero-order chi connectivity index (χ0) is 22.2. The van der Waals surface area contributed by atoms with Gasteiger partial charge in [-0.3, -0.25) is 0 Å². The molecule has 0 radical (unpaired) electrons. The van der Waals surface area contributed by atoms with Gasteiger partial charge in [-0.05, 0) is 55.8 Å². The van der Waals surface area contributed by atoms with Crippen molar-refractivity contribution in [3.05, 3.63) is 65.2 Å². The van der Waals surface area contributed by atoms with Crippen molar-refractivity contribution in [2.45, 2.75) is 31.0 Å². The first-order chi connectivity index (χ1) is 14.2. The lowest BCUT2D eigenvalue weighted by molar-refractivity contribution is -0.137. The van der Waals surface area contributed by atoms with Gasteiger partial charge in [-0.1, -0.05) is 24.3 Å². The summed E-state index contributed by atoms with van der Waals surface area (Å²) >= 11 is 0. The van der Waals surface area contributed by atoms with Crippen LogP contribution in [0.5, 0.6) is 0 Å². The summed E-state index contributed by atoms with van der Waals surface area (Å²) in [5.74, 6) is 0.534. The summed E-state index contributed by atoms with van der Waals surface area (Å²) in [5, 5.41) is 6.21. The Morgan fingerprint density at radius 1 is 1.03 bits per heavy atom. The lowest BCUT2D eigenvalue weighted by Crippen LogP contribution is -2.38. The van der Waals surface area contributed by atoms with Gasteiger partial charge in [0.15, 0.2) is 5.96 Å². The fourth-order valence-electron chi connectivity index (χ4n) is 2.63. The van der Waals surface area contributed by atoms with Gasteiger partial charge in [-0.15, -0.1) is 24.0 Å². The van der Waals surface area contributed by atoms with Gasteiger partial charge < -0.3 is 10.6 Å². The van der Waals surface area contributed by atoms with Crippen molar-refractivity contribution < 1.29 is 21.6 Å². The largest absolute Gasteiger partial charge is 0.416 e. The standard InChI is InChI=1S/C20H25F3N4O2S.HI/c1-3-25-19(26-12-11-15-7-9-17(10-8-15)20(21,22)23)27-14-16-5-4-6-18(13-16)30(28,29)24-2;/h4-10,13,24H,3,11-12,14H2,1-2H3,(H2,25,26,27);1H. The summed E-state index contributed by atoms with van der Waals surface area (Å²) in [5.41, 5.74) is 0.833. The van der Waals surface area contributed by atoms with Crippen LogP contribution in [0, 0.1) is 0 Å². The predicted octanol–water partition coefficient (Wildman–Crippen LogP) is 3.53. The molecule has 0 saturated heterocycles. The molecule has 0 atom stereocenters. The van der Waals surface area contributed by atoms with Crippen LogP contribution in [0.15, 0.2) is 58.4 Å². The Kier molecular flexibility index (Phi) is 10.7. The van der Waals surface area contributed by atoms with Crippen molar-refractivity contribution >= 4 is 40.0 Å². The molecular formula is C20H26F3IN4O2S. The number of sulfonamides is 1. The lowest BCUT2D eigenvalue weighted by atomic mass is 10.1. The van der Waals surface area contributed by atoms with E-state index in [0.29, 0.717) is 25.5 Å². The van der Waals surface area contributed by atoms with Crippen LogP contribution in [0.4, 0.5) is 13.2 Å². The Morgan fingerprint density at radius 2 is 1.71 bits per heavy atom. The molecule has 6 nitrogen and oxygen atoms in total. The quantitative estimate of drug-likeness (QED) is 0.258. The first-order valence-electron chi connectivity index (χ1n) is 9.36. The van der Waals surface area contributed by atoms with Crippen LogP contribution in [-0.2, 0) is 29.2 Å². The van der Waals surface area contributed by atoms with Crippen LogP contribution in [0.2, 0.25) is 0 Å². The van der Waals surface area contributed by atoms with Crippen molar-refractivity contribution in [2.24, 2.45) is 4.99 Å². The molecule has 11 heteroatoms. The van der Waals surface area contributed by atoms with Crippen molar-refractivity contribution in [1.29, 1.82) is 0 Å². The van der Waals surface area contributed by atoms with E-state index >= 15 is 0 Å². The maximum absolute atomic E-state index is 12.6. The van der Waals surface area contributed by atoms with Crippen molar-refractivity contribution in [2.75, 3.05) is 20.1 Å². The summed E-state index contributed by atoms with van der Waals surface area (Å²) in [4.78, 5) is 4.61. The number of guanidine groups is 1. The topological polar surface area (TPSA) is 82.6 Å². The number of alkyl halides is 3. The third kappa shape index (κ3) is 8.65. The summed E-state index contributed by atoms with van der Waals surface area (Å²) in [6.45, 7) is 3.28. The zero-order valence-corrected chi connectivity index (χ0v) is 20.3. The van der Waals surface area contributed by atoms with Gasteiger partial charge in [0.25, 0.3) is 0 Å². The van der Waals surface area contributed by atoms with E-state index in [1.807, 2.05) is 6.92 Å². The van der Waals surface area contributed by atoms with Crippen molar-refractivity contribution in [3.8, 4) is 0 Å². The van der Waals surface area contributed by atoms with Gasteiger partial charge in [0.05, 0.1) is 17.0 Å². The highest BCUT2D eigenvalue weighted by molar-refractivity contribution is 14.0. The van der Waals surface area contributed by atoms with E-state index in [4.69, 9.17) is 0 Å². The van der Waals surface area contributed by atoms with E-state index in [1.54, 1.807) is 18.2 Å². The number of halogens is 4. The normalized spacial score (nSPS) is 12.2. The smallest absolute Gasteiger partial charge is 0.357 e. The molecule has 0 aliphatic carbocycles. The number of aliphatic imine (C=N–C) groups is 1. The van der Waals surface area contributed by atoms with Gasteiger partial charge in [0, 0.05) is 13.1 Å². The van der Waals surface area contributed by atoms with Crippen molar-refractivity contribution in [1.82, 2.24) is 15.4 Å². The molecular weight excluding hydrogens is 544 g/mol. The first kappa shape index (κ1) is 27.2. The molecule has 0 amide bonds. The molecule has 31 heavy (non-hydrogen) atoms. The number of nitrogens with zero attached hydrogens (tertiary/aromatic N) is 1. The Bertz CT molecular complexity index is 965. The van der Waals surface area contributed by atoms with E-state index in [0.717, 1.165) is 23.3 Å². The van der Waals surface area contributed by atoms with Gasteiger partial charge in [0.1, 0.15) is 0 Å².